The minimum atomic E-state index is -1.46. The van der Waals surface area contributed by atoms with Crippen LogP contribution in [-0.2, 0) is 20.8 Å². The molecular weight excluding hydrogens is 234 g/mol. The van der Waals surface area contributed by atoms with Crippen LogP contribution >= 0.6 is 0 Å². The lowest BCUT2D eigenvalue weighted by molar-refractivity contribution is -0.165. The van der Waals surface area contributed by atoms with Gasteiger partial charge in [-0.25, -0.2) is 4.79 Å². The molecule has 2 heterocycles. The molecule has 90 valence electrons. The van der Waals surface area contributed by atoms with Crippen LogP contribution in [0.2, 0.25) is 0 Å². The summed E-state index contributed by atoms with van der Waals surface area (Å²) in [7, 11) is 0. The third-order valence-corrected chi connectivity index (χ3v) is 5.55. The molecule has 6 nitrogen and oxygen atoms in total. The van der Waals surface area contributed by atoms with Crippen molar-refractivity contribution in [3.8, 4) is 0 Å². The quantitative estimate of drug-likeness (QED) is 0.469. The Labute approximate surface area is 95.4 Å². The van der Waals surface area contributed by atoms with Crippen LogP contribution in [0, 0.1) is 5.92 Å². The highest BCUT2D eigenvalue weighted by Gasteiger charge is 2.72. The van der Waals surface area contributed by atoms with Gasteiger partial charge in [0.2, 0.25) is 11.3 Å². The summed E-state index contributed by atoms with van der Waals surface area (Å²) in [6.07, 6.45) is 0. The maximum atomic E-state index is 12.1. The van der Waals surface area contributed by atoms with Crippen molar-refractivity contribution in [1.29, 1.82) is 0 Å². The van der Waals surface area contributed by atoms with Gasteiger partial charge in [0.05, 0.1) is 6.61 Å². The molecule has 2 N–H and O–H groups in total. The van der Waals surface area contributed by atoms with Crippen molar-refractivity contribution < 1.29 is 24.4 Å². The highest BCUT2D eigenvalue weighted by atomic mass is 32.2. The highest BCUT2D eigenvalue weighted by Crippen LogP contribution is 2.48. The number of hydrogen-bond donors (Lipinski definition) is 2. The smallest absolute Gasteiger partial charge is 0.332 e. The zero-order valence-corrected chi connectivity index (χ0v) is 9.73. The number of carboxylic acids is 1. The van der Waals surface area contributed by atoms with Crippen molar-refractivity contribution in [2.24, 2.45) is 5.92 Å². The van der Waals surface area contributed by atoms with Gasteiger partial charge in [-0.2, -0.15) is 0 Å². The normalized spacial score (nSPS) is 40.5. The van der Waals surface area contributed by atoms with E-state index in [-0.39, 0.29) is 6.61 Å². The number of nitrogens with zero attached hydrogens (tertiary/aromatic N) is 1. The van der Waals surface area contributed by atoms with Crippen molar-refractivity contribution >= 4 is 23.1 Å². The number of aliphatic carboxylic acids is 1. The SMILES string of the molecule is CC1(C)[C@H](C(=O)O)N2C(=O)[C@@H](CO)[C@H]2[S+]1[O-]. The maximum Gasteiger partial charge on any atom is 0.332 e. The molecule has 0 spiro atoms. The number of aliphatic hydroxyl groups is 1. The van der Waals surface area contributed by atoms with E-state index < -0.39 is 45.1 Å². The molecule has 1 amide bonds. The predicted octanol–water partition coefficient (Wildman–Crippen LogP) is -1.24. The standard InChI is InChI=1S/C9H13NO5S/c1-9(2)5(8(13)14)10-6(12)4(3-11)7(10)16(9)15/h4-5,7,11H,3H2,1-2H3,(H,13,14)/t4-,5+,7-,16?/m1/s1. The molecule has 0 aromatic heterocycles. The van der Waals surface area contributed by atoms with Gasteiger partial charge in [0, 0.05) is 0 Å². The van der Waals surface area contributed by atoms with Gasteiger partial charge in [0.1, 0.15) is 5.92 Å². The minimum absolute atomic E-state index is 0.381. The van der Waals surface area contributed by atoms with Crippen LogP contribution in [-0.4, -0.2) is 54.3 Å². The van der Waals surface area contributed by atoms with E-state index in [4.69, 9.17) is 10.2 Å². The Hall–Kier alpha value is -0.790. The fourth-order valence-electron chi connectivity index (χ4n) is 2.42. The number of fused-ring (bicyclic) bond motifs is 1. The molecular formula is C9H13NO5S. The summed E-state index contributed by atoms with van der Waals surface area (Å²) in [5.41, 5.74) is 0. The van der Waals surface area contributed by atoms with Crippen LogP contribution < -0.4 is 0 Å². The lowest BCUT2D eigenvalue weighted by Crippen LogP contribution is -2.64. The first-order valence-electron chi connectivity index (χ1n) is 4.90. The summed E-state index contributed by atoms with van der Waals surface area (Å²) in [4.78, 5) is 23.8. The lowest BCUT2D eigenvalue weighted by atomic mass is 9.92. The lowest BCUT2D eigenvalue weighted by Gasteiger charge is -2.40. The summed E-state index contributed by atoms with van der Waals surface area (Å²) < 4.78 is 11.1. The molecule has 4 atom stereocenters. The van der Waals surface area contributed by atoms with Crippen molar-refractivity contribution in [3.63, 3.8) is 0 Å². The topological polar surface area (TPSA) is 101 Å². The fourth-order valence-corrected chi connectivity index (χ4v) is 4.41. The molecule has 2 aliphatic heterocycles. The van der Waals surface area contributed by atoms with Crippen LogP contribution in [0.15, 0.2) is 0 Å². The molecule has 2 aliphatic rings. The first-order chi connectivity index (χ1) is 7.34. The average molecular weight is 247 g/mol. The molecule has 1 unspecified atom stereocenters. The Kier molecular flexibility index (Phi) is 2.45. The van der Waals surface area contributed by atoms with E-state index in [0.717, 1.165) is 4.90 Å². The van der Waals surface area contributed by atoms with Crippen LogP contribution in [0.5, 0.6) is 0 Å². The van der Waals surface area contributed by atoms with Gasteiger partial charge < -0.3 is 14.8 Å². The largest absolute Gasteiger partial charge is 0.614 e. The average Bonchev–Trinajstić information content (AvgIpc) is 2.36. The Bertz CT molecular complexity index is 358. The number of rotatable bonds is 2. The monoisotopic (exact) mass is 247 g/mol. The molecule has 7 heteroatoms. The fraction of sp³-hybridized carbons (Fsp3) is 0.778. The van der Waals surface area contributed by atoms with Crippen molar-refractivity contribution in [1.82, 2.24) is 4.90 Å². The van der Waals surface area contributed by atoms with Gasteiger partial charge in [-0.3, -0.25) is 9.69 Å². The molecule has 0 saturated carbocycles. The first kappa shape index (κ1) is 11.7. The van der Waals surface area contributed by atoms with Gasteiger partial charge >= 0.3 is 5.97 Å². The second-order valence-electron chi connectivity index (χ2n) is 4.57. The van der Waals surface area contributed by atoms with Crippen molar-refractivity contribution in [2.45, 2.75) is 30.0 Å². The molecule has 0 bridgehead atoms. The van der Waals surface area contributed by atoms with Crippen LogP contribution in [0.1, 0.15) is 13.8 Å². The van der Waals surface area contributed by atoms with Gasteiger partial charge in [-0.15, -0.1) is 0 Å². The number of carbonyl (C=O) groups is 2. The maximum absolute atomic E-state index is 12.1. The van der Waals surface area contributed by atoms with Crippen LogP contribution in [0.25, 0.3) is 0 Å². The van der Waals surface area contributed by atoms with E-state index in [1.54, 1.807) is 13.8 Å². The third-order valence-electron chi connectivity index (χ3n) is 3.30. The summed E-state index contributed by atoms with van der Waals surface area (Å²) in [6.45, 7) is 2.76. The molecule has 0 radical (unpaired) electrons. The van der Waals surface area contributed by atoms with Gasteiger partial charge in [-0.05, 0) is 25.0 Å². The predicted molar refractivity (Wildman–Crippen MR) is 54.9 cm³/mol. The molecule has 0 aliphatic carbocycles. The summed E-state index contributed by atoms with van der Waals surface area (Å²) in [6, 6.07) is -1.06. The van der Waals surface area contributed by atoms with E-state index in [9.17, 15) is 14.1 Å². The summed E-state index contributed by atoms with van der Waals surface area (Å²) in [5.74, 6) is -2.27. The molecule has 0 aromatic rings. The number of hydrogen-bond acceptors (Lipinski definition) is 4. The second-order valence-corrected chi connectivity index (χ2v) is 6.70. The molecule has 2 fully saturated rings. The molecule has 2 rings (SSSR count). The Balaban J connectivity index is 2.37. The van der Waals surface area contributed by atoms with Crippen LogP contribution in [0.3, 0.4) is 0 Å². The number of aliphatic hydroxyl groups excluding tert-OH is 1. The molecule has 0 aromatic carbocycles. The van der Waals surface area contributed by atoms with Crippen molar-refractivity contribution in [2.75, 3.05) is 6.61 Å². The minimum Gasteiger partial charge on any atom is -0.614 e. The van der Waals surface area contributed by atoms with E-state index in [0.29, 0.717) is 0 Å². The van der Waals surface area contributed by atoms with Crippen LogP contribution in [0.4, 0.5) is 0 Å². The Morgan fingerprint density at radius 2 is 2.19 bits per heavy atom. The zero-order chi connectivity index (χ0) is 12.2. The number of carbonyl (C=O) groups excluding carboxylic acids is 1. The number of β-lactam (4-membered cyclic amide) rings is 1. The van der Waals surface area contributed by atoms with Gasteiger partial charge in [0.15, 0.2) is 10.8 Å². The molecule has 2 saturated heterocycles. The number of amides is 1. The highest BCUT2D eigenvalue weighted by molar-refractivity contribution is 7.93. The van der Waals surface area contributed by atoms with E-state index >= 15 is 0 Å². The van der Waals surface area contributed by atoms with E-state index in [1.165, 1.54) is 0 Å². The van der Waals surface area contributed by atoms with Gasteiger partial charge in [-0.1, -0.05) is 0 Å². The zero-order valence-electron chi connectivity index (χ0n) is 8.91. The number of carboxylic acid groups (broad SMARTS) is 1. The third kappa shape index (κ3) is 1.16. The van der Waals surface area contributed by atoms with E-state index in [2.05, 4.69) is 0 Å². The van der Waals surface area contributed by atoms with E-state index in [1.807, 2.05) is 0 Å². The summed E-state index contributed by atoms with van der Waals surface area (Å²) >= 11 is -1.46. The second kappa shape index (κ2) is 3.35. The Morgan fingerprint density at radius 1 is 1.62 bits per heavy atom. The van der Waals surface area contributed by atoms with Crippen molar-refractivity contribution in [3.05, 3.63) is 0 Å². The Morgan fingerprint density at radius 3 is 2.62 bits per heavy atom. The first-order valence-corrected chi connectivity index (χ1v) is 6.12. The van der Waals surface area contributed by atoms with Gasteiger partial charge in [0.25, 0.3) is 0 Å². The summed E-state index contributed by atoms with van der Waals surface area (Å²) in [5, 5.41) is 17.4. The molecule has 16 heavy (non-hydrogen) atoms.